The first kappa shape index (κ1) is 24.8. The molecule has 37 heavy (non-hydrogen) atoms. The van der Waals surface area contributed by atoms with Gasteiger partial charge in [0.1, 0.15) is 6.04 Å². The lowest BCUT2D eigenvalue weighted by Crippen LogP contribution is -2.31. The highest BCUT2D eigenvalue weighted by atomic mass is 35.5. The van der Waals surface area contributed by atoms with Gasteiger partial charge >= 0.3 is 11.5 Å². The Kier molecular flexibility index (Phi) is 6.60. The Bertz CT molecular complexity index is 1450. The maximum Gasteiger partial charge on any atom is 0.446 e. The molecular weight excluding hydrogens is 531 g/mol. The van der Waals surface area contributed by atoms with E-state index in [4.69, 9.17) is 11.6 Å². The molecule has 2 aromatic heterocycles. The predicted molar refractivity (Wildman–Crippen MR) is 131 cm³/mol. The number of hydrogen-bond acceptors (Lipinski definition) is 7. The van der Waals surface area contributed by atoms with Crippen LogP contribution in [-0.2, 0) is 7.05 Å². The second-order valence-electron chi connectivity index (χ2n) is 7.93. The van der Waals surface area contributed by atoms with E-state index >= 15 is 0 Å². The summed E-state index contributed by atoms with van der Waals surface area (Å²) in [5.41, 5.74) is -2.05. The number of urea groups is 1. The van der Waals surface area contributed by atoms with Crippen molar-refractivity contribution in [1.82, 2.24) is 35.0 Å². The number of carbonyl (C=O) groups is 1. The molecule has 10 nitrogen and oxygen atoms in total. The maximum absolute atomic E-state index is 13.0. The van der Waals surface area contributed by atoms with E-state index in [0.717, 1.165) is 5.56 Å². The van der Waals surface area contributed by atoms with Crippen LogP contribution >= 0.6 is 23.4 Å². The lowest BCUT2D eigenvalue weighted by atomic mass is 10.0. The number of aromatic nitrogens is 6. The van der Waals surface area contributed by atoms with Gasteiger partial charge in [-0.05, 0) is 58.6 Å². The van der Waals surface area contributed by atoms with Gasteiger partial charge in [-0.1, -0.05) is 23.7 Å². The average molecular weight is 548 g/mol. The summed E-state index contributed by atoms with van der Waals surface area (Å²) in [6.07, 6.45) is 3.38. The molecule has 0 radical (unpaired) electrons. The predicted octanol–water partition coefficient (Wildman–Crippen LogP) is 4.83. The Hall–Kier alpha value is -3.91. The minimum absolute atomic E-state index is 0.0161. The van der Waals surface area contributed by atoms with E-state index in [2.05, 4.69) is 31.0 Å². The van der Waals surface area contributed by atoms with Crippen LogP contribution < -0.4 is 5.32 Å². The quantitative estimate of drug-likeness (QED) is 0.359. The first-order valence-corrected chi connectivity index (χ1v) is 11.9. The zero-order chi connectivity index (χ0) is 26.2. The number of benzene rings is 2. The van der Waals surface area contributed by atoms with Gasteiger partial charge in [0.05, 0.1) is 24.0 Å². The van der Waals surface area contributed by atoms with E-state index in [-0.39, 0.29) is 23.2 Å². The molecule has 3 heterocycles. The summed E-state index contributed by atoms with van der Waals surface area (Å²) in [6, 6.07) is 11.4. The Morgan fingerprint density at radius 2 is 1.84 bits per heavy atom. The molecule has 5 rings (SSSR count). The number of halogens is 4. The smallest absolute Gasteiger partial charge is 0.306 e. The van der Waals surface area contributed by atoms with Crippen molar-refractivity contribution >= 4 is 40.8 Å². The van der Waals surface area contributed by atoms with Crippen molar-refractivity contribution in [1.29, 1.82) is 0 Å². The van der Waals surface area contributed by atoms with E-state index in [0.29, 0.717) is 27.8 Å². The lowest BCUT2D eigenvalue weighted by molar-refractivity contribution is -0.0328. The van der Waals surface area contributed by atoms with Crippen molar-refractivity contribution in [2.75, 3.05) is 11.9 Å². The summed E-state index contributed by atoms with van der Waals surface area (Å²) in [5, 5.41) is 24.9. The van der Waals surface area contributed by atoms with E-state index in [1.807, 2.05) is 0 Å². The standard InChI is InChI=1S/C22H17ClF3N9OS/c1-33-20(29-31-32-33)14-10-27-34(11-14)18-12-35(30-19(18)13-2-4-15(23)5-3-13)21(36)28-16-6-8-17(9-7-16)37-22(24,25)26/h2-11,18H,12H2,1H3,(H,28,36). The fourth-order valence-electron chi connectivity index (χ4n) is 3.72. The van der Waals surface area contributed by atoms with E-state index in [1.165, 1.54) is 34.0 Å². The number of nitrogens with zero attached hydrogens (tertiary/aromatic N) is 8. The third kappa shape index (κ3) is 5.59. The van der Waals surface area contributed by atoms with Crippen molar-refractivity contribution in [3.05, 3.63) is 71.5 Å². The number of carbonyl (C=O) groups excluding carboxylic acids is 1. The Morgan fingerprint density at radius 3 is 2.49 bits per heavy atom. The number of tetrazole rings is 1. The molecule has 2 amide bonds. The first-order chi connectivity index (χ1) is 17.7. The van der Waals surface area contributed by atoms with E-state index in [9.17, 15) is 18.0 Å². The van der Waals surface area contributed by atoms with Gasteiger partial charge < -0.3 is 5.32 Å². The second kappa shape index (κ2) is 9.86. The molecule has 190 valence electrons. The average Bonchev–Trinajstić information content (AvgIpc) is 3.59. The molecule has 1 aliphatic heterocycles. The second-order valence-corrected chi connectivity index (χ2v) is 9.50. The molecule has 0 aliphatic carbocycles. The summed E-state index contributed by atoms with van der Waals surface area (Å²) in [6.45, 7) is 0.157. The minimum atomic E-state index is -4.39. The molecule has 0 bridgehead atoms. The lowest BCUT2D eigenvalue weighted by Gasteiger charge is -2.16. The molecule has 0 saturated heterocycles. The zero-order valence-corrected chi connectivity index (χ0v) is 20.5. The van der Waals surface area contributed by atoms with Crippen molar-refractivity contribution in [3.8, 4) is 11.4 Å². The fraction of sp³-hybridized carbons (Fsp3) is 0.182. The number of alkyl halides is 3. The van der Waals surface area contributed by atoms with Crippen LogP contribution in [0.15, 0.2) is 70.9 Å². The van der Waals surface area contributed by atoms with Crippen molar-refractivity contribution in [2.45, 2.75) is 16.4 Å². The van der Waals surface area contributed by atoms with Crippen LogP contribution in [0.25, 0.3) is 11.4 Å². The molecule has 2 aromatic carbocycles. The molecule has 1 aliphatic rings. The molecule has 0 saturated carbocycles. The number of thioether (sulfide) groups is 1. The third-order valence-corrected chi connectivity index (χ3v) is 6.39. The molecule has 15 heteroatoms. The van der Waals surface area contributed by atoms with Crippen LogP contribution in [0.1, 0.15) is 11.6 Å². The minimum Gasteiger partial charge on any atom is -0.306 e. The largest absolute Gasteiger partial charge is 0.446 e. The SMILES string of the molecule is Cn1nnnc1-c1cnn(C2CN(C(=O)Nc3ccc(SC(F)(F)F)cc3)N=C2c2ccc(Cl)cc2)c1. The highest BCUT2D eigenvalue weighted by Crippen LogP contribution is 2.37. The van der Waals surface area contributed by atoms with Crippen LogP contribution in [0.5, 0.6) is 0 Å². The number of rotatable bonds is 5. The van der Waals surface area contributed by atoms with Gasteiger partial charge in [0.25, 0.3) is 0 Å². The van der Waals surface area contributed by atoms with Crippen molar-refractivity contribution in [2.24, 2.45) is 12.1 Å². The van der Waals surface area contributed by atoms with Crippen molar-refractivity contribution in [3.63, 3.8) is 0 Å². The Morgan fingerprint density at radius 1 is 1.11 bits per heavy atom. The normalized spacial score (nSPS) is 15.6. The van der Waals surface area contributed by atoms with Gasteiger partial charge in [0.15, 0.2) is 5.82 Å². The summed E-state index contributed by atoms with van der Waals surface area (Å²) in [5.74, 6) is 0.524. The zero-order valence-electron chi connectivity index (χ0n) is 19.0. The van der Waals surface area contributed by atoms with Gasteiger partial charge in [0.2, 0.25) is 0 Å². The topological polar surface area (TPSA) is 106 Å². The van der Waals surface area contributed by atoms with Crippen LogP contribution in [0.4, 0.5) is 23.7 Å². The molecule has 4 aromatic rings. The van der Waals surface area contributed by atoms with E-state index < -0.39 is 17.6 Å². The number of hydrazone groups is 1. The first-order valence-electron chi connectivity index (χ1n) is 10.7. The number of hydrogen-bond donors (Lipinski definition) is 1. The summed E-state index contributed by atoms with van der Waals surface area (Å²) in [7, 11) is 1.71. The third-order valence-electron chi connectivity index (χ3n) is 5.40. The van der Waals surface area contributed by atoms with Crippen molar-refractivity contribution < 1.29 is 18.0 Å². The molecular formula is C22H17ClF3N9OS. The molecule has 0 fully saturated rings. The van der Waals surface area contributed by atoms with E-state index in [1.54, 1.807) is 48.4 Å². The van der Waals surface area contributed by atoms with Gasteiger partial charge in [0, 0.05) is 34.4 Å². The molecule has 1 N–H and O–H groups in total. The van der Waals surface area contributed by atoms with Gasteiger partial charge in [-0.3, -0.25) is 4.68 Å². The van der Waals surface area contributed by atoms with Gasteiger partial charge in [-0.2, -0.15) is 23.4 Å². The van der Waals surface area contributed by atoms with Crippen LogP contribution in [0, 0.1) is 0 Å². The highest BCUT2D eigenvalue weighted by molar-refractivity contribution is 8.00. The maximum atomic E-state index is 13.0. The highest BCUT2D eigenvalue weighted by Gasteiger charge is 2.34. The number of aryl methyl sites for hydroxylation is 1. The Balaban J connectivity index is 1.38. The molecule has 0 spiro atoms. The number of amides is 2. The number of anilines is 1. The van der Waals surface area contributed by atoms with Crippen LogP contribution in [0.2, 0.25) is 5.02 Å². The summed E-state index contributed by atoms with van der Waals surface area (Å²) in [4.78, 5) is 13.0. The van der Waals surface area contributed by atoms with Crippen LogP contribution in [0.3, 0.4) is 0 Å². The fourth-order valence-corrected chi connectivity index (χ4v) is 4.39. The Labute approximate surface area is 217 Å². The van der Waals surface area contributed by atoms with Crippen LogP contribution in [-0.4, -0.2) is 58.8 Å². The van der Waals surface area contributed by atoms with Gasteiger partial charge in [-0.25, -0.2) is 14.5 Å². The summed E-state index contributed by atoms with van der Waals surface area (Å²) < 4.78 is 40.9. The molecule has 1 atom stereocenters. The molecule has 1 unspecified atom stereocenters. The monoisotopic (exact) mass is 547 g/mol. The summed E-state index contributed by atoms with van der Waals surface area (Å²) >= 11 is 5.82. The van der Waals surface area contributed by atoms with Gasteiger partial charge in [-0.15, -0.1) is 5.10 Å². The number of nitrogens with one attached hydrogen (secondary N) is 1.